The summed E-state index contributed by atoms with van der Waals surface area (Å²) in [5, 5.41) is 0. The molecule has 0 radical (unpaired) electrons. The molecule has 0 fully saturated rings. The number of ether oxygens (including phenoxy) is 2. The number of nitrogens with two attached hydrogens (primary N) is 1. The molecule has 1 aromatic rings. The van der Waals surface area contributed by atoms with Crippen molar-refractivity contribution < 1.29 is 14.3 Å². The highest BCUT2D eigenvalue weighted by molar-refractivity contribution is 5.92. The third-order valence-corrected chi connectivity index (χ3v) is 2.27. The maximum atomic E-state index is 11.7. The molecule has 0 aliphatic rings. The fourth-order valence-corrected chi connectivity index (χ4v) is 1.54. The molecule has 0 bridgehead atoms. The molecule has 94 valence electrons. The van der Waals surface area contributed by atoms with E-state index in [1.165, 1.54) is 0 Å². The van der Waals surface area contributed by atoms with Crippen LogP contribution in [0.1, 0.15) is 29.8 Å². The van der Waals surface area contributed by atoms with Crippen molar-refractivity contribution in [3.05, 3.63) is 29.3 Å². The van der Waals surface area contributed by atoms with Gasteiger partial charge in [0, 0.05) is 0 Å². The van der Waals surface area contributed by atoms with Crippen LogP contribution in [0.15, 0.2) is 18.2 Å². The van der Waals surface area contributed by atoms with Crippen LogP contribution in [0.4, 0.5) is 0 Å². The number of carbonyl (C=O) groups is 1. The van der Waals surface area contributed by atoms with E-state index in [4.69, 9.17) is 15.2 Å². The molecule has 0 aliphatic heterocycles. The second-order valence-corrected chi connectivity index (χ2v) is 3.52. The maximum Gasteiger partial charge on any atom is 0.341 e. The van der Waals surface area contributed by atoms with Gasteiger partial charge in [0.05, 0.1) is 13.2 Å². The minimum Gasteiger partial charge on any atom is -0.493 e. The van der Waals surface area contributed by atoms with Gasteiger partial charge in [0.25, 0.3) is 0 Å². The van der Waals surface area contributed by atoms with Crippen LogP contribution in [0.5, 0.6) is 5.75 Å². The lowest BCUT2D eigenvalue weighted by Crippen LogP contribution is -2.09. The molecule has 17 heavy (non-hydrogen) atoms. The molecule has 0 amide bonds. The first-order valence-electron chi connectivity index (χ1n) is 5.85. The minimum absolute atomic E-state index is 0.352. The molecule has 0 unspecified atom stereocenters. The summed E-state index contributed by atoms with van der Waals surface area (Å²) in [6.07, 6.45) is 0.767. The van der Waals surface area contributed by atoms with Gasteiger partial charge in [0.1, 0.15) is 11.3 Å². The zero-order valence-electron chi connectivity index (χ0n) is 10.4. The van der Waals surface area contributed by atoms with Crippen LogP contribution in [0, 0.1) is 0 Å². The first-order valence-corrected chi connectivity index (χ1v) is 5.85. The average molecular weight is 237 g/mol. The largest absolute Gasteiger partial charge is 0.493 e. The molecule has 4 heteroatoms. The molecule has 0 aromatic heterocycles. The summed E-state index contributed by atoms with van der Waals surface area (Å²) in [7, 11) is 0. The van der Waals surface area contributed by atoms with Crippen LogP contribution in [0.2, 0.25) is 0 Å². The van der Waals surface area contributed by atoms with Gasteiger partial charge in [-0.25, -0.2) is 4.79 Å². The Bertz CT molecular complexity index is 377. The second-order valence-electron chi connectivity index (χ2n) is 3.52. The van der Waals surface area contributed by atoms with Gasteiger partial charge in [-0.05, 0) is 44.5 Å². The third-order valence-electron chi connectivity index (χ3n) is 2.27. The summed E-state index contributed by atoms with van der Waals surface area (Å²) in [4.78, 5) is 11.7. The van der Waals surface area contributed by atoms with E-state index < -0.39 is 0 Å². The Labute approximate surface area is 102 Å². The lowest BCUT2D eigenvalue weighted by molar-refractivity contribution is 0.0522. The number of carbonyl (C=O) groups excluding carboxylic acids is 1. The zero-order chi connectivity index (χ0) is 12.7. The molecule has 0 aliphatic carbocycles. The van der Waals surface area contributed by atoms with Crippen molar-refractivity contribution >= 4 is 5.97 Å². The van der Waals surface area contributed by atoms with Crippen LogP contribution in [0.25, 0.3) is 0 Å². The van der Waals surface area contributed by atoms with Gasteiger partial charge in [-0.3, -0.25) is 0 Å². The number of hydrogen-bond acceptors (Lipinski definition) is 4. The first-order chi connectivity index (χ1) is 8.22. The van der Waals surface area contributed by atoms with E-state index in [9.17, 15) is 4.79 Å². The normalized spacial score (nSPS) is 10.1. The predicted octanol–water partition coefficient (Wildman–Crippen LogP) is 1.76. The van der Waals surface area contributed by atoms with Gasteiger partial charge in [-0.1, -0.05) is 6.07 Å². The fraction of sp³-hybridized carbons (Fsp3) is 0.462. The monoisotopic (exact) mass is 237 g/mol. The van der Waals surface area contributed by atoms with Crippen LogP contribution in [-0.2, 0) is 11.2 Å². The molecule has 0 heterocycles. The van der Waals surface area contributed by atoms with Crippen LogP contribution < -0.4 is 10.5 Å². The average Bonchev–Trinajstić information content (AvgIpc) is 2.30. The summed E-state index contributed by atoms with van der Waals surface area (Å²) in [6.45, 7) is 5.10. The standard InChI is InChI=1S/C13H19NO3/c1-3-16-12-9-10(7-8-14)5-6-11(12)13(15)17-4-2/h5-6,9H,3-4,7-8,14H2,1-2H3. The highest BCUT2D eigenvalue weighted by atomic mass is 16.5. The molecular formula is C13H19NO3. The summed E-state index contributed by atoms with van der Waals surface area (Å²) >= 11 is 0. The lowest BCUT2D eigenvalue weighted by atomic mass is 10.1. The fourth-order valence-electron chi connectivity index (χ4n) is 1.54. The zero-order valence-corrected chi connectivity index (χ0v) is 10.4. The SMILES string of the molecule is CCOC(=O)c1ccc(CCN)cc1OCC. The summed E-state index contributed by atoms with van der Waals surface area (Å²) in [6, 6.07) is 5.46. The molecule has 1 rings (SSSR count). The molecule has 0 saturated carbocycles. The Kier molecular flexibility index (Phi) is 5.49. The van der Waals surface area contributed by atoms with Gasteiger partial charge in [0.15, 0.2) is 0 Å². The topological polar surface area (TPSA) is 61.5 Å². The number of benzene rings is 1. The van der Waals surface area contributed by atoms with Crippen molar-refractivity contribution in [2.45, 2.75) is 20.3 Å². The summed E-state index contributed by atoms with van der Waals surface area (Å²) < 4.78 is 10.4. The molecule has 0 spiro atoms. The molecule has 1 aromatic carbocycles. The van der Waals surface area contributed by atoms with E-state index >= 15 is 0 Å². The molecular weight excluding hydrogens is 218 g/mol. The van der Waals surface area contributed by atoms with Crippen molar-refractivity contribution in [3.8, 4) is 5.75 Å². The lowest BCUT2D eigenvalue weighted by Gasteiger charge is -2.11. The Morgan fingerprint density at radius 1 is 1.29 bits per heavy atom. The summed E-state index contributed by atoms with van der Waals surface area (Å²) in [5.74, 6) is 0.215. The first kappa shape index (κ1) is 13.5. The van der Waals surface area contributed by atoms with E-state index in [1.807, 2.05) is 19.1 Å². The predicted molar refractivity (Wildman–Crippen MR) is 66.3 cm³/mol. The van der Waals surface area contributed by atoms with E-state index in [1.54, 1.807) is 13.0 Å². The van der Waals surface area contributed by atoms with Crippen LogP contribution >= 0.6 is 0 Å². The minimum atomic E-state index is -0.352. The van der Waals surface area contributed by atoms with E-state index in [-0.39, 0.29) is 5.97 Å². The van der Waals surface area contributed by atoms with Gasteiger partial charge < -0.3 is 15.2 Å². The maximum absolute atomic E-state index is 11.7. The Balaban J connectivity index is 2.98. The Hall–Kier alpha value is -1.55. The quantitative estimate of drug-likeness (QED) is 0.766. The Morgan fingerprint density at radius 3 is 2.65 bits per heavy atom. The summed E-state index contributed by atoms with van der Waals surface area (Å²) in [5.41, 5.74) is 7.02. The van der Waals surface area contributed by atoms with E-state index in [0.29, 0.717) is 31.1 Å². The van der Waals surface area contributed by atoms with Crippen molar-refractivity contribution in [2.75, 3.05) is 19.8 Å². The van der Waals surface area contributed by atoms with Crippen LogP contribution in [-0.4, -0.2) is 25.7 Å². The highest BCUT2D eigenvalue weighted by Gasteiger charge is 2.13. The highest BCUT2D eigenvalue weighted by Crippen LogP contribution is 2.22. The number of rotatable bonds is 6. The van der Waals surface area contributed by atoms with Gasteiger partial charge in [-0.2, -0.15) is 0 Å². The Morgan fingerprint density at radius 2 is 2.06 bits per heavy atom. The van der Waals surface area contributed by atoms with Crippen molar-refractivity contribution in [3.63, 3.8) is 0 Å². The van der Waals surface area contributed by atoms with Gasteiger partial charge in [0.2, 0.25) is 0 Å². The number of hydrogen-bond donors (Lipinski definition) is 1. The van der Waals surface area contributed by atoms with Crippen molar-refractivity contribution in [2.24, 2.45) is 5.73 Å². The van der Waals surface area contributed by atoms with Gasteiger partial charge in [-0.15, -0.1) is 0 Å². The van der Waals surface area contributed by atoms with Crippen LogP contribution in [0.3, 0.4) is 0 Å². The van der Waals surface area contributed by atoms with E-state index in [0.717, 1.165) is 12.0 Å². The number of esters is 1. The molecule has 4 nitrogen and oxygen atoms in total. The van der Waals surface area contributed by atoms with Crippen molar-refractivity contribution in [1.29, 1.82) is 0 Å². The van der Waals surface area contributed by atoms with Crippen molar-refractivity contribution in [1.82, 2.24) is 0 Å². The molecule has 0 atom stereocenters. The second kappa shape index (κ2) is 6.91. The smallest absolute Gasteiger partial charge is 0.341 e. The molecule has 0 saturated heterocycles. The van der Waals surface area contributed by atoms with Gasteiger partial charge >= 0.3 is 5.97 Å². The van der Waals surface area contributed by atoms with E-state index in [2.05, 4.69) is 0 Å². The molecule has 2 N–H and O–H groups in total. The third kappa shape index (κ3) is 3.75.